The Labute approximate surface area is 159 Å². The van der Waals surface area contributed by atoms with Crippen LogP contribution in [0.4, 0.5) is 0 Å². The maximum Gasteiger partial charge on any atom is 0.266 e. The Morgan fingerprint density at radius 2 is 2.04 bits per heavy atom. The van der Waals surface area contributed by atoms with Crippen LogP contribution in [0.5, 0.6) is 0 Å². The van der Waals surface area contributed by atoms with Crippen molar-refractivity contribution in [3.8, 4) is 11.6 Å². The number of nitrogens with zero attached hydrogens (tertiary/aromatic N) is 4. The predicted molar refractivity (Wildman–Crippen MR) is 98.8 cm³/mol. The molecule has 0 bridgehead atoms. The van der Waals surface area contributed by atoms with E-state index in [1.807, 2.05) is 23.1 Å². The molecule has 2 fully saturated rings. The third kappa shape index (κ3) is 4.03. The number of hydrogen-bond acceptors (Lipinski definition) is 6. The predicted octanol–water partition coefficient (Wildman–Crippen LogP) is 3.04. The van der Waals surface area contributed by atoms with E-state index in [1.165, 1.54) is 0 Å². The smallest absolute Gasteiger partial charge is 0.266 e. The Kier molecular flexibility index (Phi) is 5.48. The van der Waals surface area contributed by atoms with Crippen LogP contribution >= 0.6 is 0 Å². The van der Waals surface area contributed by atoms with Crippen molar-refractivity contribution in [1.82, 2.24) is 20.1 Å². The van der Waals surface area contributed by atoms with E-state index in [1.54, 1.807) is 13.3 Å². The first-order chi connectivity index (χ1) is 13.2. The molecule has 27 heavy (non-hydrogen) atoms. The molecule has 144 valence electrons. The van der Waals surface area contributed by atoms with Crippen LogP contribution in [-0.4, -0.2) is 52.3 Å². The number of rotatable bonds is 4. The van der Waals surface area contributed by atoms with Crippen molar-refractivity contribution < 1.29 is 13.9 Å². The van der Waals surface area contributed by atoms with Crippen molar-refractivity contribution in [2.24, 2.45) is 5.92 Å². The second-order valence-electron chi connectivity index (χ2n) is 7.49. The van der Waals surface area contributed by atoms with E-state index in [4.69, 9.17) is 9.15 Å². The number of amides is 1. The number of methoxy groups -OCH3 is 1. The van der Waals surface area contributed by atoms with Crippen LogP contribution in [0.25, 0.3) is 11.6 Å². The first kappa shape index (κ1) is 18.1. The fourth-order valence-electron chi connectivity index (χ4n) is 4.17. The molecule has 3 heterocycles. The number of carbonyl (C=O) groups is 1. The zero-order chi connectivity index (χ0) is 18.6. The van der Waals surface area contributed by atoms with Gasteiger partial charge in [0.15, 0.2) is 0 Å². The number of aromatic nitrogens is 3. The Bertz CT molecular complexity index is 756. The average Bonchev–Trinajstić information content (AvgIpc) is 3.24. The van der Waals surface area contributed by atoms with E-state index in [9.17, 15) is 4.79 Å². The summed E-state index contributed by atoms with van der Waals surface area (Å²) in [6.45, 7) is 1.48. The summed E-state index contributed by atoms with van der Waals surface area (Å²) in [5.41, 5.74) is 0.676. The van der Waals surface area contributed by atoms with Gasteiger partial charge < -0.3 is 14.1 Å². The van der Waals surface area contributed by atoms with Gasteiger partial charge in [0.2, 0.25) is 11.8 Å². The SMILES string of the molecule is COC1CCC(C(=O)N2CCCC(c3nnc(-c4ccccn4)o3)C2)CC1. The molecule has 1 atom stereocenters. The van der Waals surface area contributed by atoms with Crippen LogP contribution in [0, 0.1) is 5.92 Å². The molecule has 2 aromatic heterocycles. The van der Waals surface area contributed by atoms with Gasteiger partial charge in [-0.05, 0) is 50.7 Å². The average molecular weight is 370 g/mol. The Morgan fingerprint density at radius 1 is 1.19 bits per heavy atom. The molecule has 0 spiro atoms. The molecular formula is C20H26N4O3. The van der Waals surface area contributed by atoms with Crippen LogP contribution in [0.15, 0.2) is 28.8 Å². The lowest BCUT2D eigenvalue weighted by Crippen LogP contribution is -2.43. The fourth-order valence-corrected chi connectivity index (χ4v) is 4.17. The molecule has 1 amide bonds. The highest BCUT2D eigenvalue weighted by Crippen LogP contribution is 2.32. The molecule has 2 aliphatic rings. The molecule has 0 radical (unpaired) electrons. The van der Waals surface area contributed by atoms with Gasteiger partial charge in [0, 0.05) is 32.3 Å². The minimum absolute atomic E-state index is 0.1000. The van der Waals surface area contributed by atoms with E-state index < -0.39 is 0 Å². The van der Waals surface area contributed by atoms with Crippen LogP contribution in [0.2, 0.25) is 0 Å². The lowest BCUT2D eigenvalue weighted by Gasteiger charge is -2.35. The molecule has 2 aromatic rings. The monoisotopic (exact) mass is 370 g/mol. The summed E-state index contributed by atoms with van der Waals surface area (Å²) in [4.78, 5) is 19.2. The second kappa shape index (κ2) is 8.17. The zero-order valence-electron chi connectivity index (χ0n) is 15.7. The first-order valence-electron chi connectivity index (χ1n) is 9.81. The minimum atomic E-state index is 0.1000. The summed E-state index contributed by atoms with van der Waals surface area (Å²) in [6, 6.07) is 5.60. The molecule has 1 unspecified atom stereocenters. The lowest BCUT2D eigenvalue weighted by atomic mass is 9.85. The number of hydrogen-bond donors (Lipinski definition) is 0. The molecule has 0 aromatic carbocycles. The standard InChI is InChI=1S/C20H26N4O3/c1-26-16-9-7-14(8-10-16)20(25)24-12-4-5-15(13-24)18-22-23-19(27-18)17-6-2-3-11-21-17/h2-3,6,11,14-16H,4-5,7-10,12-13H2,1H3. The molecule has 7 heteroatoms. The van der Waals surface area contributed by atoms with Gasteiger partial charge in [0.25, 0.3) is 5.89 Å². The van der Waals surface area contributed by atoms with Gasteiger partial charge in [-0.1, -0.05) is 6.07 Å². The van der Waals surface area contributed by atoms with E-state index in [0.29, 0.717) is 30.1 Å². The van der Waals surface area contributed by atoms with Crippen molar-refractivity contribution in [3.63, 3.8) is 0 Å². The van der Waals surface area contributed by atoms with Gasteiger partial charge in [-0.25, -0.2) is 0 Å². The number of pyridine rings is 1. The van der Waals surface area contributed by atoms with Gasteiger partial charge in [0.05, 0.1) is 12.0 Å². The van der Waals surface area contributed by atoms with Gasteiger partial charge >= 0.3 is 0 Å². The Balaban J connectivity index is 1.40. The fraction of sp³-hybridized carbons (Fsp3) is 0.600. The molecule has 0 N–H and O–H groups in total. The van der Waals surface area contributed by atoms with Crippen molar-refractivity contribution in [1.29, 1.82) is 0 Å². The van der Waals surface area contributed by atoms with Gasteiger partial charge in [-0.2, -0.15) is 0 Å². The number of carbonyl (C=O) groups excluding carboxylic acids is 1. The van der Waals surface area contributed by atoms with Crippen LogP contribution in [0.3, 0.4) is 0 Å². The molecule has 1 aliphatic heterocycles. The summed E-state index contributed by atoms with van der Waals surface area (Å²) in [7, 11) is 1.76. The Morgan fingerprint density at radius 3 is 2.78 bits per heavy atom. The molecule has 4 rings (SSSR count). The summed E-state index contributed by atoms with van der Waals surface area (Å²) in [5, 5.41) is 8.37. The van der Waals surface area contributed by atoms with Crippen LogP contribution < -0.4 is 0 Å². The molecule has 1 saturated carbocycles. The maximum atomic E-state index is 13.0. The second-order valence-corrected chi connectivity index (χ2v) is 7.49. The summed E-state index contributed by atoms with van der Waals surface area (Å²) < 4.78 is 11.3. The molecule has 1 aliphatic carbocycles. The van der Waals surface area contributed by atoms with Crippen molar-refractivity contribution in [3.05, 3.63) is 30.3 Å². The normalized spacial score (nSPS) is 26.1. The van der Waals surface area contributed by atoms with Gasteiger partial charge in [0.1, 0.15) is 5.69 Å². The third-order valence-electron chi connectivity index (χ3n) is 5.76. The molecule has 7 nitrogen and oxygen atoms in total. The highest BCUT2D eigenvalue weighted by Gasteiger charge is 2.33. The highest BCUT2D eigenvalue weighted by atomic mass is 16.5. The highest BCUT2D eigenvalue weighted by molar-refractivity contribution is 5.79. The molecule has 1 saturated heterocycles. The van der Waals surface area contributed by atoms with Crippen LogP contribution in [-0.2, 0) is 9.53 Å². The third-order valence-corrected chi connectivity index (χ3v) is 5.76. The largest absolute Gasteiger partial charge is 0.419 e. The number of likely N-dealkylation sites (tertiary alicyclic amines) is 1. The molecular weight excluding hydrogens is 344 g/mol. The van der Waals surface area contributed by atoms with Crippen molar-refractivity contribution >= 4 is 5.91 Å². The summed E-state index contributed by atoms with van der Waals surface area (Å²) in [6.07, 6.45) is 7.73. The van der Waals surface area contributed by atoms with Crippen LogP contribution in [0.1, 0.15) is 50.3 Å². The van der Waals surface area contributed by atoms with E-state index in [-0.39, 0.29) is 17.7 Å². The maximum absolute atomic E-state index is 13.0. The summed E-state index contributed by atoms with van der Waals surface area (Å²) >= 11 is 0. The van der Waals surface area contributed by atoms with Gasteiger partial charge in [-0.15, -0.1) is 10.2 Å². The minimum Gasteiger partial charge on any atom is -0.419 e. The topological polar surface area (TPSA) is 81.4 Å². The van der Waals surface area contributed by atoms with E-state index in [0.717, 1.165) is 45.1 Å². The number of piperidine rings is 1. The quantitative estimate of drug-likeness (QED) is 0.823. The van der Waals surface area contributed by atoms with E-state index in [2.05, 4.69) is 15.2 Å². The lowest BCUT2D eigenvalue weighted by molar-refractivity contribution is -0.138. The zero-order valence-corrected chi connectivity index (χ0v) is 15.7. The van der Waals surface area contributed by atoms with Gasteiger partial charge in [-0.3, -0.25) is 9.78 Å². The summed E-state index contributed by atoms with van der Waals surface area (Å²) in [5.74, 6) is 1.55. The Hall–Kier alpha value is -2.28. The van der Waals surface area contributed by atoms with Crippen molar-refractivity contribution in [2.45, 2.75) is 50.5 Å². The van der Waals surface area contributed by atoms with Crippen molar-refractivity contribution in [2.75, 3.05) is 20.2 Å². The number of ether oxygens (including phenoxy) is 1. The van der Waals surface area contributed by atoms with E-state index >= 15 is 0 Å². The first-order valence-corrected chi connectivity index (χ1v) is 9.81.